The minimum absolute atomic E-state index is 0.396. The van der Waals surface area contributed by atoms with Gasteiger partial charge in [-0.25, -0.2) is 4.79 Å². The van der Waals surface area contributed by atoms with Gasteiger partial charge in [-0.15, -0.1) is 12.3 Å². The Bertz CT molecular complexity index is 472. The normalized spacial score (nSPS) is 10.1. The lowest BCUT2D eigenvalue weighted by molar-refractivity contribution is -0.131. The molecule has 0 fully saturated rings. The van der Waals surface area contributed by atoms with Gasteiger partial charge in [-0.2, -0.15) is 0 Å². The molecular weight excluding hydrogens is 284 g/mol. The number of halogens is 1. The molecule has 0 spiro atoms. The van der Waals surface area contributed by atoms with Crippen molar-refractivity contribution >= 4 is 28.0 Å². The minimum atomic E-state index is -1.00. The smallest absolute Gasteiger partial charge is 0.328 e. The number of hydrogen-bond acceptors (Lipinski definition) is 2. The average Bonchev–Trinajstić information content (AvgIpc) is 2.29. The number of carboxylic acid groups (broad SMARTS) is 1. The van der Waals surface area contributed by atoms with Crippen molar-refractivity contribution in [2.24, 2.45) is 0 Å². The Morgan fingerprint density at radius 2 is 2.35 bits per heavy atom. The van der Waals surface area contributed by atoms with Gasteiger partial charge in [0.1, 0.15) is 5.75 Å². The molecule has 1 aromatic carbocycles. The van der Waals surface area contributed by atoms with Gasteiger partial charge >= 0.3 is 5.97 Å². The van der Waals surface area contributed by atoms with Crippen molar-refractivity contribution in [3.8, 4) is 18.1 Å². The van der Waals surface area contributed by atoms with Crippen molar-refractivity contribution in [1.29, 1.82) is 0 Å². The zero-order valence-electron chi connectivity index (χ0n) is 9.02. The van der Waals surface area contributed by atoms with Crippen LogP contribution >= 0.6 is 15.9 Å². The second-order valence-corrected chi connectivity index (χ2v) is 3.99. The quantitative estimate of drug-likeness (QED) is 0.516. The first kappa shape index (κ1) is 13.3. The summed E-state index contributed by atoms with van der Waals surface area (Å²) in [4.78, 5) is 10.5. The average molecular weight is 295 g/mol. The predicted octanol–water partition coefficient (Wildman–Crippen LogP) is 2.95. The maximum Gasteiger partial charge on any atom is 0.328 e. The van der Waals surface area contributed by atoms with Gasteiger partial charge in [0, 0.05) is 18.1 Å². The highest BCUT2D eigenvalue weighted by atomic mass is 79.9. The molecule has 88 valence electrons. The van der Waals surface area contributed by atoms with Gasteiger partial charge in [0.2, 0.25) is 0 Å². The van der Waals surface area contributed by atoms with Crippen LogP contribution in [0.3, 0.4) is 0 Å². The molecule has 17 heavy (non-hydrogen) atoms. The molecule has 0 radical (unpaired) electrons. The topological polar surface area (TPSA) is 46.5 Å². The molecule has 0 aromatic heterocycles. The predicted molar refractivity (Wildman–Crippen MR) is 69.8 cm³/mol. The van der Waals surface area contributed by atoms with E-state index < -0.39 is 5.97 Å². The molecule has 4 heteroatoms. The molecule has 0 bridgehead atoms. The lowest BCUT2D eigenvalue weighted by Gasteiger charge is -2.09. The summed E-state index contributed by atoms with van der Waals surface area (Å²) < 4.78 is 6.27. The van der Waals surface area contributed by atoms with Crippen LogP contribution in [0.5, 0.6) is 5.75 Å². The van der Waals surface area contributed by atoms with Gasteiger partial charge in [-0.1, -0.05) is 12.1 Å². The van der Waals surface area contributed by atoms with Crippen LogP contribution in [0.15, 0.2) is 28.7 Å². The Balaban J connectivity index is 2.92. The Morgan fingerprint density at radius 3 is 3.00 bits per heavy atom. The zero-order chi connectivity index (χ0) is 12.7. The SMILES string of the molecule is C#CCCOc1c(Br)cccc1C=CC(=O)O. The maximum absolute atomic E-state index is 10.5. The molecule has 0 aliphatic carbocycles. The molecule has 0 aliphatic heterocycles. The van der Waals surface area contributed by atoms with Crippen LogP contribution in [0.4, 0.5) is 0 Å². The fraction of sp³-hybridized carbons (Fsp3) is 0.154. The van der Waals surface area contributed by atoms with Crippen molar-refractivity contribution < 1.29 is 14.6 Å². The number of hydrogen-bond donors (Lipinski definition) is 1. The van der Waals surface area contributed by atoms with E-state index in [4.69, 9.17) is 16.3 Å². The van der Waals surface area contributed by atoms with Crippen molar-refractivity contribution in [2.75, 3.05) is 6.61 Å². The largest absolute Gasteiger partial charge is 0.491 e. The second-order valence-electron chi connectivity index (χ2n) is 3.13. The highest BCUT2D eigenvalue weighted by Gasteiger charge is 2.05. The summed E-state index contributed by atoms with van der Waals surface area (Å²) in [6.07, 6.45) is 8.19. The van der Waals surface area contributed by atoms with E-state index in [0.717, 1.165) is 10.5 Å². The van der Waals surface area contributed by atoms with Crippen LogP contribution in [0.1, 0.15) is 12.0 Å². The molecule has 1 aromatic rings. The third kappa shape index (κ3) is 4.33. The second kappa shape index (κ2) is 6.77. The van der Waals surface area contributed by atoms with Crippen molar-refractivity contribution in [3.63, 3.8) is 0 Å². The van der Waals surface area contributed by atoms with E-state index in [1.165, 1.54) is 6.08 Å². The van der Waals surface area contributed by atoms with Gasteiger partial charge in [-0.05, 0) is 28.1 Å². The molecule has 0 saturated carbocycles. The van der Waals surface area contributed by atoms with E-state index in [2.05, 4.69) is 21.9 Å². The van der Waals surface area contributed by atoms with Gasteiger partial charge < -0.3 is 9.84 Å². The number of carbonyl (C=O) groups is 1. The number of rotatable bonds is 5. The Morgan fingerprint density at radius 1 is 1.59 bits per heavy atom. The van der Waals surface area contributed by atoms with Crippen molar-refractivity contribution in [2.45, 2.75) is 6.42 Å². The number of ether oxygens (including phenoxy) is 1. The van der Waals surface area contributed by atoms with Gasteiger partial charge in [0.15, 0.2) is 0 Å². The summed E-state index contributed by atoms with van der Waals surface area (Å²) in [6, 6.07) is 5.40. The molecule has 0 saturated heterocycles. The molecule has 3 nitrogen and oxygen atoms in total. The van der Waals surface area contributed by atoms with E-state index in [1.807, 2.05) is 6.07 Å². The summed E-state index contributed by atoms with van der Waals surface area (Å²) in [5.41, 5.74) is 0.693. The van der Waals surface area contributed by atoms with Gasteiger partial charge in [-0.3, -0.25) is 0 Å². The zero-order valence-corrected chi connectivity index (χ0v) is 10.6. The van der Waals surface area contributed by atoms with E-state index in [9.17, 15) is 4.79 Å². The highest BCUT2D eigenvalue weighted by molar-refractivity contribution is 9.10. The standard InChI is InChI=1S/C13H11BrO3/c1-2-3-9-17-13-10(7-8-12(15)16)5-4-6-11(13)14/h1,4-8H,3,9H2,(H,15,16). The van der Waals surface area contributed by atoms with Crippen molar-refractivity contribution in [3.05, 3.63) is 34.3 Å². The van der Waals surface area contributed by atoms with E-state index in [-0.39, 0.29) is 0 Å². The van der Waals surface area contributed by atoms with E-state index in [0.29, 0.717) is 24.3 Å². The molecule has 0 unspecified atom stereocenters. The van der Waals surface area contributed by atoms with Crippen LogP contribution in [0, 0.1) is 12.3 Å². The third-order valence-corrected chi connectivity index (χ3v) is 2.52. The summed E-state index contributed by atoms with van der Waals surface area (Å²) in [6.45, 7) is 0.396. The molecule has 1 rings (SSSR count). The van der Waals surface area contributed by atoms with E-state index in [1.54, 1.807) is 12.1 Å². The maximum atomic E-state index is 10.5. The first-order valence-corrected chi connectivity index (χ1v) is 5.70. The monoisotopic (exact) mass is 294 g/mol. The number of aliphatic carboxylic acids is 1. The van der Waals surface area contributed by atoms with Crippen LogP contribution in [0.25, 0.3) is 6.08 Å². The van der Waals surface area contributed by atoms with Crippen LogP contribution in [-0.2, 0) is 4.79 Å². The number of terminal acetylenes is 1. The van der Waals surface area contributed by atoms with Gasteiger partial charge in [0.05, 0.1) is 11.1 Å². The van der Waals surface area contributed by atoms with Crippen molar-refractivity contribution in [1.82, 2.24) is 0 Å². The lowest BCUT2D eigenvalue weighted by Crippen LogP contribution is -1.98. The molecular formula is C13H11BrO3. The number of benzene rings is 1. The van der Waals surface area contributed by atoms with E-state index >= 15 is 0 Å². The summed E-state index contributed by atoms with van der Waals surface area (Å²) >= 11 is 3.35. The van der Waals surface area contributed by atoms with Crippen LogP contribution in [-0.4, -0.2) is 17.7 Å². The molecule has 0 aliphatic rings. The van der Waals surface area contributed by atoms with Crippen LogP contribution in [0.2, 0.25) is 0 Å². The van der Waals surface area contributed by atoms with Gasteiger partial charge in [0.25, 0.3) is 0 Å². The molecule has 0 atom stereocenters. The fourth-order valence-corrected chi connectivity index (χ4v) is 1.68. The Kier molecular flexibility index (Phi) is 5.31. The summed E-state index contributed by atoms with van der Waals surface area (Å²) in [5.74, 6) is 2.07. The molecule has 0 amide bonds. The molecule has 1 N–H and O–H groups in total. The first-order chi connectivity index (χ1) is 8.15. The Hall–Kier alpha value is -1.73. The molecule has 0 heterocycles. The fourth-order valence-electron chi connectivity index (χ4n) is 1.18. The number of para-hydroxylation sites is 1. The Labute approximate surface area is 108 Å². The minimum Gasteiger partial charge on any atom is -0.491 e. The first-order valence-electron chi connectivity index (χ1n) is 4.91. The van der Waals surface area contributed by atoms with Crippen LogP contribution < -0.4 is 4.74 Å². The highest BCUT2D eigenvalue weighted by Crippen LogP contribution is 2.30. The summed E-state index contributed by atoms with van der Waals surface area (Å²) in [5, 5.41) is 8.58. The summed E-state index contributed by atoms with van der Waals surface area (Å²) in [7, 11) is 0. The third-order valence-electron chi connectivity index (χ3n) is 1.90. The lowest BCUT2D eigenvalue weighted by atomic mass is 10.2. The number of carboxylic acids is 1.